The summed E-state index contributed by atoms with van der Waals surface area (Å²) in [6.45, 7) is 0. The number of hydrogen-bond acceptors (Lipinski definition) is 3. The lowest BCUT2D eigenvalue weighted by Crippen LogP contribution is -2.05. The van der Waals surface area contributed by atoms with Crippen molar-refractivity contribution in [1.29, 1.82) is 0 Å². The first-order valence-electron chi connectivity index (χ1n) is 6.29. The monoisotopic (exact) mass is 282 g/mol. The molecule has 1 N–H and O–H groups in total. The molecule has 1 aromatic heterocycles. The van der Waals surface area contributed by atoms with Gasteiger partial charge in [0, 0.05) is 6.20 Å². The van der Waals surface area contributed by atoms with E-state index in [1.165, 1.54) is 6.07 Å². The predicted molar refractivity (Wildman–Crippen MR) is 75.1 cm³/mol. The maximum atomic E-state index is 13.2. The molecule has 0 aliphatic carbocycles. The molecule has 5 heteroatoms. The highest BCUT2D eigenvalue weighted by molar-refractivity contribution is 6.09. The number of carbonyl (C=O) groups excluding carboxylic acids is 1. The van der Waals surface area contributed by atoms with Gasteiger partial charge in [-0.1, -0.05) is 18.2 Å². The normalized spacial score (nSPS) is 10.5. The number of rotatable bonds is 3. The Bertz CT molecular complexity index is 797. The van der Waals surface area contributed by atoms with E-state index in [1.807, 2.05) is 30.3 Å². The molecule has 0 unspecified atom stereocenters. The molecule has 0 spiro atoms. The average Bonchev–Trinajstić information content (AvgIpc) is 3.00. The van der Waals surface area contributed by atoms with E-state index in [0.29, 0.717) is 0 Å². The molecule has 0 atom stereocenters. The third kappa shape index (κ3) is 2.53. The third-order valence-electron chi connectivity index (χ3n) is 3.05. The Balaban J connectivity index is 1.96. The number of benzene rings is 2. The molecule has 21 heavy (non-hydrogen) atoms. The van der Waals surface area contributed by atoms with Gasteiger partial charge in [0.15, 0.2) is 0 Å². The van der Waals surface area contributed by atoms with Crippen LogP contribution < -0.4 is 0 Å². The molecular weight excluding hydrogens is 271 g/mol. The second kappa shape index (κ2) is 5.20. The average molecular weight is 282 g/mol. The number of ketones is 1. The lowest BCUT2D eigenvalue weighted by Gasteiger charge is -2.02. The molecule has 0 bridgehead atoms. The zero-order valence-corrected chi connectivity index (χ0v) is 10.9. The second-order valence-electron chi connectivity index (χ2n) is 4.47. The predicted octanol–water partition coefficient (Wildman–Crippen LogP) is 2.95. The summed E-state index contributed by atoms with van der Waals surface area (Å²) in [5.74, 6) is -1.38. The molecule has 4 nitrogen and oxygen atoms in total. The minimum absolute atomic E-state index is 0.103. The summed E-state index contributed by atoms with van der Waals surface area (Å²) in [4.78, 5) is 12.3. The highest BCUT2D eigenvalue weighted by Gasteiger charge is 2.17. The summed E-state index contributed by atoms with van der Waals surface area (Å²) >= 11 is 0. The maximum absolute atomic E-state index is 13.2. The Morgan fingerprint density at radius 2 is 1.86 bits per heavy atom. The number of para-hydroxylation sites is 1. The summed E-state index contributed by atoms with van der Waals surface area (Å²) in [6.07, 6.45) is 1.64. The van der Waals surface area contributed by atoms with Crippen molar-refractivity contribution >= 4 is 5.78 Å². The van der Waals surface area contributed by atoms with E-state index in [2.05, 4.69) is 5.10 Å². The highest BCUT2D eigenvalue weighted by Crippen LogP contribution is 2.21. The Kier molecular flexibility index (Phi) is 3.23. The fourth-order valence-electron chi connectivity index (χ4n) is 2.00. The van der Waals surface area contributed by atoms with E-state index in [-0.39, 0.29) is 17.0 Å². The van der Waals surface area contributed by atoms with Crippen LogP contribution >= 0.6 is 0 Å². The molecule has 0 saturated heterocycles. The van der Waals surface area contributed by atoms with Gasteiger partial charge in [-0.05, 0) is 36.4 Å². The van der Waals surface area contributed by atoms with Crippen molar-refractivity contribution in [1.82, 2.24) is 9.78 Å². The number of halogens is 1. The van der Waals surface area contributed by atoms with Gasteiger partial charge in [0.25, 0.3) is 0 Å². The largest absolute Gasteiger partial charge is 0.507 e. The van der Waals surface area contributed by atoms with Crippen LogP contribution in [-0.2, 0) is 0 Å². The first-order chi connectivity index (χ1) is 10.1. The molecule has 0 aliphatic rings. The molecule has 3 aromatic rings. The van der Waals surface area contributed by atoms with Crippen LogP contribution in [-0.4, -0.2) is 20.7 Å². The van der Waals surface area contributed by atoms with Gasteiger partial charge in [0.1, 0.15) is 17.3 Å². The van der Waals surface area contributed by atoms with Gasteiger partial charge in [0.2, 0.25) is 5.78 Å². The number of hydrogen-bond donors (Lipinski definition) is 1. The Labute approximate surface area is 120 Å². The van der Waals surface area contributed by atoms with Gasteiger partial charge in [-0.3, -0.25) is 4.79 Å². The quantitative estimate of drug-likeness (QED) is 0.751. The highest BCUT2D eigenvalue weighted by atomic mass is 19.1. The van der Waals surface area contributed by atoms with Crippen molar-refractivity contribution in [2.45, 2.75) is 0 Å². The molecule has 2 aromatic carbocycles. The maximum Gasteiger partial charge on any atom is 0.217 e. The molecule has 3 rings (SSSR count). The lowest BCUT2D eigenvalue weighted by atomic mass is 10.1. The van der Waals surface area contributed by atoms with Crippen LogP contribution in [0.4, 0.5) is 4.39 Å². The van der Waals surface area contributed by atoms with E-state index >= 15 is 0 Å². The van der Waals surface area contributed by atoms with Crippen molar-refractivity contribution in [2.24, 2.45) is 0 Å². The summed E-state index contributed by atoms with van der Waals surface area (Å²) < 4.78 is 14.7. The number of carbonyl (C=O) groups is 1. The third-order valence-corrected chi connectivity index (χ3v) is 3.05. The number of phenols is 1. The van der Waals surface area contributed by atoms with Crippen LogP contribution in [0.1, 0.15) is 16.1 Å². The van der Waals surface area contributed by atoms with E-state index < -0.39 is 11.6 Å². The molecule has 1 heterocycles. The second-order valence-corrected chi connectivity index (χ2v) is 4.47. The number of nitrogens with zero attached hydrogens (tertiary/aromatic N) is 2. The summed E-state index contributed by atoms with van der Waals surface area (Å²) in [6, 6.07) is 14.1. The zero-order chi connectivity index (χ0) is 14.8. The molecule has 0 amide bonds. The fourth-order valence-corrected chi connectivity index (χ4v) is 2.00. The molecule has 0 fully saturated rings. The van der Waals surface area contributed by atoms with Crippen LogP contribution in [0.2, 0.25) is 0 Å². The Hall–Kier alpha value is -2.95. The fraction of sp³-hybridized carbons (Fsp3) is 0. The van der Waals surface area contributed by atoms with Crippen molar-refractivity contribution in [3.05, 3.63) is 77.9 Å². The standard InChI is InChI=1S/C16H11FN2O2/c17-11-6-7-15(20)13(10-11)16(21)14-8-9-19(18-14)12-4-2-1-3-5-12/h1-10,20H. The molecule has 0 saturated carbocycles. The van der Waals surface area contributed by atoms with Crippen LogP contribution in [0.5, 0.6) is 5.75 Å². The van der Waals surface area contributed by atoms with Gasteiger partial charge < -0.3 is 5.11 Å². The van der Waals surface area contributed by atoms with Crippen LogP contribution in [0.3, 0.4) is 0 Å². The van der Waals surface area contributed by atoms with Crippen LogP contribution in [0.15, 0.2) is 60.8 Å². The SMILES string of the molecule is O=C(c1ccn(-c2ccccc2)n1)c1cc(F)ccc1O. The van der Waals surface area contributed by atoms with Gasteiger partial charge >= 0.3 is 0 Å². The molecule has 104 valence electrons. The minimum Gasteiger partial charge on any atom is -0.507 e. The smallest absolute Gasteiger partial charge is 0.217 e. The van der Waals surface area contributed by atoms with Crippen molar-refractivity contribution < 1.29 is 14.3 Å². The Morgan fingerprint density at radius 3 is 2.62 bits per heavy atom. The minimum atomic E-state index is -0.585. The summed E-state index contributed by atoms with van der Waals surface area (Å²) in [5.41, 5.74) is 0.841. The van der Waals surface area contributed by atoms with Gasteiger partial charge in [-0.25, -0.2) is 9.07 Å². The first-order valence-corrected chi connectivity index (χ1v) is 6.29. The van der Waals surface area contributed by atoms with E-state index in [4.69, 9.17) is 0 Å². The van der Waals surface area contributed by atoms with Crippen LogP contribution in [0, 0.1) is 5.82 Å². The molecular formula is C16H11FN2O2. The molecule has 0 radical (unpaired) electrons. The summed E-state index contributed by atoms with van der Waals surface area (Å²) in [5, 5.41) is 13.8. The summed E-state index contributed by atoms with van der Waals surface area (Å²) in [7, 11) is 0. The number of aromatic hydroxyl groups is 1. The van der Waals surface area contributed by atoms with Gasteiger partial charge in [0.05, 0.1) is 11.3 Å². The van der Waals surface area contributed by atoms with E-state index in [1.54, 1.807) is 10.9 Å². The van der Waals surface area contributed by atoms with E-state index in [9.17, 15) is 14.3 Å². The zero-order valence-electron chi connectivity index (χ0n) is 10.9. The van der Waals surface area contributed by atoms with Crippen LogP contribution in [0.25, 0.3) is 5.69 Å². The van der Waals surface area contributed by atoms with Crippen molar-refractivity contribution in [3.8, 4) is 11.4 Å². The topological polar surface area (TPSA) is 55.1 Å². The van der Waals surface area contributed by atoms with Gasteiger partial charge in [-0.15, -0.1) is 0 Å². The molecule has 0 aliphatic heterocycles. The van der Waals surface area contributed by atoms with Crippen molar-refractivity contribution in [2.75, 3.05) is 0 Å². The Morgan fingerprint density at radius 1 is 1.10 bits per heavy atom. The van der Waals surface area contributed by atoms with Crippen molar-refractivity contribution in [3.63, 3.8) is 0 Å². The van der Waals surface area contributed by atoms with E-state index in [0.717, 1.165) is 23.9 Å². The number of aromatic nitrogens is 2. The first kappa shape index (κ1) is 13.1. The lowest BCUT2D eigenvalue weighted by molar-refractivity contribution is 0.103. The number of phenolic OH excluding ortho intramolecular Hbond substituents is 1. The van der Waals surface area contributed by atoms with Gasteiger partial charge in [-0.2, -0.15) is 5.10 Å².